The number of quaternary nitrogens is 1. The Morgan fingerprint density at radius 1 is 0.900 bits per heavy atom. The molecule has 0 heterocycles. The molecule has 0 fully saturated rings. The van der Waals surface area contributed by atoms with Crippen molar-refractivity contribution in [1.82, 2.24) is 3.89 Å². The minimum Gasteiger partial charge on any atom is -0.394 e. The van der Waals surface area contributed by atoms with Gasteiger partial charge in [0.05, 0.1) is 50.7 Å². The van der Waals surface area contributed by atoms with Crippen LogP contribution in [0, 0.1) is 0 Å². The highest BCUT2D eigenvalue weighted by Gasteiger charge is 2.31. The van der Waals surface area contributed by atoms with Gasteiger partial charge >= 0.3 is 0 Å². The molecule has 0 aromatic heterocycles. The zero-order valence-electron chi connectivity index (χ0n) is 11.6. The zero-order valence-corrected chi connectivity index (χ0v) is 12.5. The van der Waals surface area contributed by atoms with E-state index in [1.807, 2.05) is 30.3 Å². The molecule has 20 heavy (non-hydrogen) atoms. The number of rotatable bonds is 11. The lowest BCUT2D eigenvalue weighted by molar-refractivity contribution is 0.103. The second-order valence-corrected chi connectivity index (χ2v) is 5.65. The van der Waals surface area contributed by atoms with Gasteiger partial charge in [-0.15, -0.1) is 0 Å². The van der Waals surface area contributed by atoms with E-state index in [9.17, 15) is 10.2 Å². The van der Waals surface area contributed by atoms with Crippen molar-refractivity contribution in [2.75, 3.05) is 51.9 Å². The Kier molecular flexibility index (Phi) is 8.84. The van der Waals surface area contributed by atoms with Crippen molar-refractivity contribution in [3.05, 3.63) is 30.3 Å². The van der Waals surface area contributed by atoms with Gasteiger partial charge in [0.25, 0.3) is 0 Å². The van der Waals surface area contributed by atoms with Crippen LogP contribution in [0.3, 0.4) is 0 Å². The monoisotopic (exact) mass is 302 g/mol. The second-order valence-electron chi connectivity index (χ2n) is 4.29. The van der Waals surface area contributed by atoms with Crippen molar-refractivity contribution in [2.45, 2.75) is 0 Å². The molecule has 0 atom stereocenters. The van der Waals surface area contributed by atoms with Crippen LogP contribution in [0.15, 0.2) is 30.3 Å². The van der Waals surface area contributed by atoms with Crippen LogP contribution in [0.4, 0.5) is 5.69 Å². The number of hydrogen-bond donors (Lipinski definition) is 3. The zero-order chi connectivity index (χ0) is 14.7. The first-order valence-electron chi connectivity index (χ1n) is 6.76. The fourth-order valence-electron chi connectivity index (χ4n) is 2.03. The van der Waals surface area contributed by atoms with Gasteiger partial charge in [0.1, 0.15) is 18.8 Å². The number of ether oxygens (including phenoxy) is 1. The molecule has 114 valence electrons. The average molecular weight is 302 g/mol. The normalized spacial score (nSPS) is 11.8. The molecular weight excluding hydrogens is 278 g/mol. The summed E-state index contributed by atoms with van der Waals surface area (Å²) in [5, 5.41) is 27.4. The summed E-state index contributed by atoms with van der Waals surface area (Å²) in [6, 6.07) is 9.88. The maximum Gasteiger partial charge on any atom is 0.144 e. The van der Waals surface area contributed by atoms with Gasteiger partial charge in [0.2, 0.25) is 0 Å². The lowest BCUT2D eigenvalue weighted by Crippen LogP contribution is -2.47. The van der Waals surface area contributed by atoms with Crippen molar-refractivity contribution in [3.63, 3.8) is 0 Å². The van der Waals surface area contributed by atoms with Crippen LogP contribution in [0.5, 0.6) is 0 Å². The highest BCUT2D eigenvalue weighted by molar-refractivity contribution is 7.98. The lowest BCUT2D eigenvalue weighted by atomic mass is 10.3. The summed E-state index contributed by atoms with van der Waals surface area (Å²) in [4.78, 5) is 0. The van der Waals surface area contributed by atoms with Crippen LogP contribution in [-0.2, 0) is 4.74 Å². The molecule has 0 saturated heterocycles. The smallest absolute Gasteiger partial charge is 0.144 e. The Bertz CT molecular complexity index is 344. The molecule has 5 nitrogen and oxygen atoms in total. The molecule has 0 amide bonds. The first kappa shape index (κ1) is 17.4. The maximum atomic E-state index is 9.36. The van der Waals surface area contributed by atoms with Gasteiger partial charge in [0.15, 0.2) is 0 Å². The first-order valence-corrected chi connectivity index (χ1v) is 7.71. The van der Waals surface area contributed by atoms with Crippen molar-refractivity contribution >= 4 is 17.6 Å². The van der Waals surface area contributed by atoms with Crippen LogP contribution in [0.2, 0.25) is 0 Å². The second kappa shape index (κ2) is 10.1. The Morgan fingerprint density at radius 2 is 1.55 bits per heavy atom. The van der Waals surface area contributed by atoms with Gasteiger partial charge in [-0.2, -0.15) is 0 Å². The molecule has 6 heteroatoms. The summed E-state index contributed by atoms with van der Waals surface area (Å²) in [6.45, 7) is 2.08. The molecule has 3 N–H and O–H groups in total. The molecule has 0 aliphatic rings. The van der Waals surface area contributed by atoms with Gasteiger partial charge in [-0.25, -0.2) is 3.89 Å². The number of para-hydroxylation sites is 1. The summed E-state index contributed by atoms with van der Waals surface area (Å²) in [5.74, 6) is 0.731. The van der Waals surface area contributed by atoms with E-state index in [1.54, 1.807) is 11.9 Å². The van der Waals surface area contributed by atoms with Gasteiger partial charge in [-0.1, -0.05) is 18.2 Å². The maximum absolute atomic E-state index is 9.36. The van der Waals surface area contributed by atoms with Crippen LogP contribution in [0.25, 0.3) is 0 Å². The van der Waals surface area contributed by atoms with E-state index in [0.717, 1.165) is 11.4 Å². The summed E-state index contributed by atoms with van der Waals surface area (Å²) in [6.07, 6.45) is 0. The number of hydrogen-bond acceptors (Lipinski definition) is 5. The first-order chi connectivity index (χ1) is 9.79. The third-order valence-electron chi connectivity index (χ3n) is 2.95. The number of nitrogens with zero attached hydrogens (tertiary/aromatic N) is 1. The van der Waals surface area contributed by atoms with Crippen molar-refractivity contribution in [3.8, 4) is 0 Å². The quantitative estimate of drug-likeness (QED) is 0.318. The molecule has 0 bridgehead atoms. The number of aliphatic hydroxyl groups is 3. The Labute approximate surface area is 124 Å². The largest absolute Gasteiger partial charge is 0.394 e. The van der Waals surface area contributed by atoms with Gasteiger partial charge < -0.3 is 20.1 Å². The number of benzene rings is 1. The molecule has 1 aromatic rings. The van der Waals surface area contributed by atoms with E-state index in [0.29, 0.717) is 30.2 Å². The fraction of sp³-hybridized carbons (Fsp3) is 0.571. The molecule has 0 spiro atoms. The molecular formula is C14H24NO4S+. The standard InChI is InChI=1S/C14H24NO4S/c16-8-6-15(7-9-17,14-4-2-1-3-5-14)20-13-12-19-11-10-18/h1-5,16-18H,6-13H2/q+1. The Hall–Kier alpha value is -0.630. The van der Waals surface area contributed by atoms with E-state index >= 15 is 0 Å². The van der Waals surface area contributed by atoms with E-state index in [-0.39, 0.29) is 19.8 Å². The lowest BCUT2D eigenvalue weighted by Gasteiger charge is -2.34. The highest BCUT2D eigenvalue weighted by Crippen LogP contribution is 2.31. The van der Waals surface area contributed by atoms with Gasteiger partial charge in [0, 0.05) is 12.1 Å². The van der Waals surface area contributed by atoms with Crippen molar-refractivity contribution in [2.24, 2.45) is 0 Å². The topological polar surface area (TPSA) is 69.9 Å². The predicted molar refractivity (Wildman–Crippen MR) is 82.5 cm³/mol. The molecule has 0 aliphatic heterocycles. The molecule has 0 unspecified atom stereocenters. The van der Waals surface area contributed by atoms with E-state index in [4.69, 9.17) is 9.84 Å². The minimum absolute atomic E-state index is 0.0244. The van der Waals surface area contributed by atoms with E-state index in [2.05, 4.69) is 0 Å². The van der Waals surface area contributed by atoms with Crippen LogP contribution in [0.1, 0.15) is 0 Å². The molecule has 0 saturated carbocycles. The predicted octanol–water partition coefficient (Wildman–Crippen LogP) is 0.636. The molecule has 1 rings (SSSR count). The minimum atomic E-state index is 0.0244. The van der Waals surface area contributed by atoms with E-state index < -0.39 is 0 Å². The summed E-state index contributed by atoms with van der Waals surface area (Å²) in [5.41, 5.74) is 1.06. The van der Waals surface area contributed by atoms with E-state index in [1.165, 1.54) is 0 Å². The van der Waals surface area contributed by atoms with Crippen molar-refractivity contribution in [1.29, 1.82) is 0 Å². The molecule has 1 aromatic carbocycles. The summed E-state index contributed by atoms with van der Waals surface area (Å²) >= 11 is 1.63. The van der Waals surface area contributed by atoms with Crippen LogP contribution < -0.4 is 3.89 Å². The average Bonchev–Trinajstić information content (AvgIpc) is 2.48. The fourth-order valence-corrected chi connectivity index (χ4v) is 3.27. The third-order valence-corrected chi connectivity index (χ3v) is 4.37. The Balaban J connectivity index is 2.72. The molecule has 0 radical (unpaired) electrons. The molecule has 0 aliphatic carbocycles. The summed E-state index contributed by atoms with van der Waals surface area (Å²) in [7, 11) is 0. The Morgan fingerprint density at radius 3 is 2.10 bits per heavy atom. The SMILES string of the molecule is OCCOCCS[N+](CCO)(CCO)c1ccccc1. The number of aliphatic hydroxyl groups excluding tert-OH is 3. The summed E-state index contributed by atoms with van der Waals surface area (Å²) < 4.78 is 5.73. The van der Waals surface area contributed by atoms with Crippen LogP contribution in [-0.4, -0.2) is 67.2 Å². The van der Waals surface area contributed by atoms with Crippen molar-refractivity contribution < 1.29 is 20.1 Å². The van der Waals surface area contributed by atoms with Gasteiger partial charge in [-0.05, 0) is 0 Å². The third kappa shape index (κ3) is 5.40. The van der Waals surface area contributed by atoms with Crippen LogP contribution >= 0.6 is 11.9 Å². The highest BCUT2D eigenvalue weighted by atomic mass is 32.2. The van der Waals surface area contributed by atoms with Gasteiger partial charge in [-0.3, -0.25) is 0 Å².